The second-order valence-corrected chi connectivity index (χ2v) is 5.56. The topological polar surface area (TPSA) is 32.3 Å². The lowest BCUT2D eigenvalue weighted by atomic mass is 10.2. The molecule has 0 heterocycles. The van der Waals surface area contributed by atoms with Gasteiger partial charge in [0.1, 0.15) is 0 Å². The van der Waals surface area contributed by atoms with Crippen molar-refractivity contribution in [1.29, 1.82) is 0 Å². The van der Waals surface area contributed by atoms with Gasteiger partial charge in [-0.3, -0.25) is 4.79 Å². The summed E-state index contributed by atoms with van der Waals surface area (Å²) in [6.45, 7) is 8.09. The lowest BCUT2D eigenvalue weighted by molar-refractivity contribution is -0.120. The molecule has 0 aliphatic carbocycles. The molecule has 1 amide bonds. The van der Waals surface area contributed by atoms with Crippen LogP contribution in [0.25, 0.3) is 0 Å². The van der Waals surface area contributed by atoms with Crippen molar-refractivity contribution >= 4 is 21.8 Å². The quantitative estimate of drug-likeness (QED) is 0.571. The Hall–Kier alpha value is -0.0900. The average Bonchev–Trinajstić information content (AvgIpc) is 2.16. The van der Waals surface area contributed by atoms with Gasteiger partial charge in [0.2, 0.25) is 5.91 Å². The van der Waals surface area contributed by atoms with Gasteiger partial charge in [0, 0.05) is 12.6 Å². The molecule has 0 saturated carbocycles. The molecule has 0 bridgehead atoms. The van der Waals surface area contributed by atoms with Gasteiger partial charge in [-0.2, -0.15) is 0 Å². The fourth-order valence-corrected chi connectivity index (χ4v) is 1.26. The van der Waals surface area contributed by atoms with Crippen LogP contribution < -0.4 is 5.32 Å². The number of rotatable bonds is 7. The Morgan fingerprint density at radius 3 is 2.40 bits per heavy atom. The Morgan fingerprint density at radius 1 is 1.33 bits per heavy atom. The van der Waals surface area contributed by atoms with Crippen LogP contribution in [0, 0.1) is 0 Å². The van der Waals surface area contributed by atoms with Crippen LogP contribution >= 0.6 is 15.9 Å². The van der Waals surface area contributed by atoms with Gasteiger partial charge in [-0.05, 0) is 47.2 Å². The number of hydrogen-bond acceptors (Lipinski definition) is 2. The molecular weight excluding hydrogens is 256 g/mol. The maximum Gasteiger partial charge on any atom is 0.233 e. The minimum absolute atomic E-state index is 0.0761. The molecule has 0 spiro atoms. The molecule has 0 aliphatic rings. The predicted octanol–water partition coefficient (Wildman–Crippen LogP) is 2.01. The van der Waals surface area contributed by atoms with Crippen molar-refractivity contribution in [2.75, 3.05) is 20.1 Å². The van der Waals surface area contributed by atoms with E-state index in [1.165, 1.54) is 0 Å². The van der Waals surface area contributed by atoms with E-state index in [0.717, 1.165) is 25.9 Å². The molecule has 0 rings (SSSR count). The van der Waals surface area contributed by atoms with Crippen LogP contribution in [0.2, 0.25) is 0 Å². The first-order valence-electron chi connectivity index (χ1n) is 5.57. The van der Waals surface area contributed by atoms with E-state index < -0.39 is 0 Å². The zero-order chi connectivity index (χ0) is 11.8. The summed E-state index contributed by atoms with van der Waals surface area (Å²) in [5.74, 6) is 0.0761. The number of carbonyl (C=O) groups excluding carboxylic acids is 1. The van der Waals surface area contributed by atoms with Gasteiger partial charge in [-0.15, -0.1) is 0 Å². The number of nitrogens with one attached hydrogen (secondary N) is 1. The van der Waals surface area contributed by atoms with Crippen molar-refractivity contribution in [2.24, 2.45) is 0 Å². The van der Waals surface area contributed by atoms with E-state index in [-0.39, 0.29) is 10.7 Å². The van der Waals surface area contributed by atoms with Gasteiger partial charge in [0.25, 0.3) is 0 Å². The summed E-state index contributed by atoms with van der Waals surface area (Å²) in [5, 5.41) is 2.88. The monoisotopic (exact) mass is 278 g/mol. The zero-order valence-corrected chi connectivity index (χ0v) is 11.8. The Morgan fingerprint density at radius 2 is 1.93 bits per heavy atom. The van der Waals surface area contributed by atoms with Gasteiger partial charge in [-0.1, -0.05) is 15.9 Å². The third-order valence-corrected chi connectivity index (χ3v) is 2.90. The van der Waals surface area contributed by atoms with Crippen LogP contribution in [0.3, 0.4) is 0 Å². The number of amides is 1. The number of halogens is 1. The first-order chi connectivity index (χ1) is 6.95. The smallest absolute Gasteiger partial charge is 0.233 e. The molecule has 1 atom stereocenters. The Balaban J connectivity index is 3.36. The molecule has 0 aliphatic heterocycles. The van der Waals surface area contributed by atoms with Crippen LogP contribution in [0.4, 0.5) is 0 Å². The fourth-order valence-electron chi connectivity index (χ4n) is 1.10. The molecule has 0 aromatic rings. The van der Waals surface area contributed by atoms with Crippen LogP contribution in [-0.2, 0) is 4.79 Å². The molecule has 0 radical (unpaired) electrons. The lowest BCUT2D eigenvalue weighted by Crippen LogP contribution is -2.31. The standard InChI is InChI=1S/C11H23BrN2O/c1-9(2)14(4)8-6-5-7-13-11(15)10(3)12/h9-10H,5-8H2,1-4H3,(H,13,15). The first-order valence-corrected chi connectivity index (χ1v) is 6.48. The first kappa shape index (κ1) is 14.9. The van der Waals surface area contributed by atoms with Crippen molar-refractivity contribution in [1.82, 2.24) is 10.2 Å². The molecule has 1 N–H and O–H groups in total. The molecule has 1 unspecified atom stereocenters. The number of nitrogens with zero attached hydrogens (tertiary/aromatic N) is 1. The maximum atomic E-state index is 11.2. The summed E-state index contributed by atoms with van der Waals surface area (Å²) in [7, 11) is 2.13. The van der Waals surface area contributed by atoms with E-state index in [4.69, 9.17) is 0 Å². The fraction of sp³-hybridized carbons (Fsp3) is 0.909. The largest absolute Gasteiger partial charge is 0.355 e. The molecule has 15 heavy (non-hydrogen) atoms. The van der Waals surface area contributed by atoms with E-state index in [0.29, 0.717) is 6.04 Å². The summed E-state index contributed by atoms with van der Waals surface area (Å²) in [6, 6.07) is 0.599. The van der Waals surface area contributed by atoms with Crippen molar-refractivity contribution in [3.63, 3.8) is 0 Å². The van der Waals surface area contributed by atoms with Gasteiger partial charge < -0.3 is 10.2 Å². The second-order valence-electron chi connectivity index (χ2n) is 4.19. The summed E-state index contributed by atoms with van der Waals surface area (Å²) in [5.41, 5.74) is 0. The third-order valence-electron chi connectivity index (χ3n) is 2.48. The summed E-state index contributed by atoms with van der Waals surface area (Å²) in [4.78, 5) is 13.4. The third kappa shape index (κ3) is 7.79. The van der Waals surface area contributed by atoms with Crippen LogP contribution in [0.5, 0.6) is 0 Å². The minimum Gasteiger partial charge on any atom is -0.355 e. The van der Waals surface area contributed by atoms with Gasteiger partial charge in [0.15, 0.2) is 0 Å². The lowest BCUT2D eigenvalue weighted by Gasteiger charge is -2.20. The number of hydrogen-bond donors (Lipinski definition) is 1. The SMILES string of the molecule is CC(Br)C(=O)NCCCCN(C)C(C)C. The number of unbranched alkanes of at least 4 members (excludes halogenated alkanes) is 1. The van der Waals surface area contributed by atoms with Crippen molar-refractivity contribution in [3.05, 3.63) is 0 Å². The normalized spacial score (nSPS) is 13.3. The molecular formula is C11H23BrN2O. The van der Waals surface area contributed by atoms with Crippen molar-refractivity contribution in [2.45, 2.75) is 44.5 Å². The summed E-state index contributed by atoms with van der Waals surface area (Å²) in [6.07, 6.45) is 2.17. The van der Waals surface area contributed by atoms with Crippen LogP contribution in [0.15, 0.2) is 0 Å². The van der Waals surface area contributed by atoms with E-state index in [1.807, 2.05) is 6.92 Å². The van der Waals surface area contributed by atoms with Gasteiger partial charge in [-0.25, -0.2) is 0 Å². The summed E-state index contributed by atoms with van der Waals surface area (Å²) < 4.78 is 0. The van der Waals surface area contributed by atoms with E-state index in [9.17, 15) is 4.79 Å². The highest BCUT2D eigenvalue weighted by atomic mass is 79.9. The highest BCUT2D eigenvalue weighted by molar-refractivity contribution is 9.10. The minimum atomic E-state index is -0.0872. The van der Waals surface area contributed by atoms with Crippen LogP contribution in [-0.4, -0.2) is 41.8 Å². The molecule has 4 heteroatoms. The highest BCUT2D eigenvalue weighted by Crippen LogP contribution is 1.99. The number of alkyl halides is 1. The molecule has 0 saturated heterocycles. The predicted molar refractivity (Wildman–Crippen MR) is 68.4 cm³/mol. The summed E-state index contributed by atoms with van der Waals surface area (Å²) >= 11 is 3.23. The molecule has 90 valence electrons. The molecule has 3 nitrogen and oxygen atoms in total. The van der Waals surface area contributed by atoms with Gasteiger partial charge in [0.05, 0.1) is 4.83 Å². The average molecular weight is 279 g/mol. The van der Waals surface area contributed by atoms with E-state index in [2.05, 4.69) is 47.0 Å². The van der Waals surface area contributed by atoms with E-state index in [1.54, 1.807) is 0 Å². The van der Waals surface area contributed by atoms with Crippen molar-refractivity contribution < 1.29 is 4.79 Å². The van der Waals surface area contributed by atoms with E-state index >= 15 is 0 Å². The Kier molecular flexibility index (Phi) is 8.06. The maximum absolute atomic E-state index is 11.2. The molecule has 0 aromatic heterocycles. The Bertz CT molecular complexity index is 183. The second kappa shape index (κ2) is 8.11. The Labute approximate surface area is 102 Å². The highest BCUT2D eigenvalue weighted by Gasteiger charge is 2.07. The van der Waals surface area contributed by atoms with Crippen LogP contribution in [0.1, 0.15) is 33.6 Å². The molecule has 0 fully saturated rings. The molecule has 0 aromatic carbocycles. The van der Waals surface area contributed by atoms with Gasteiger partial charge >= 0.3 is 0 Å². The number of carbonyl (C=O) groups is 1. The zero-order valence-electron chi connectivity index (χ0n) is 10.2. The van der Waals surface area contributed by atoms with Crippen molar-refractivity contribution in [3.8, 4) is 0 Å².